The van der Waals surface area contributed by atoms with Gasteiger partial charge in [0.1, 0.15) is 0 Å². The summed E-state index contributed by atoms with van der Waals surface area (Å²) in [6, 6.07) is 0.264. The van der Waals surface area contributed by atoms with Gasteiger partial charge in [-0.15, -0.1) is 0 Å². The summed E-state index contributed by atoms with van der Waals surface area (Å²) in [6.45, 7) is 9.87. The van der Waals surface area contributed by atoms with Crippen LogP contribution in [0.15, 0.2) is 12.4 Å². The van der Waals surface area contributed by atoms with Crippen LogP contribution in [0.4, 0.5) is 0 Å². The summed E-state index contributed by atoms with van der Waals surface area (Å²) in [4.78, 5) is 0. The van der Waals surface area contributed by atoms with Gasteiger partial charge in [-0.25, -0.2) is 0 Å². The molecular formula is C13H25N3. The molecule has 0 fully saturated rings. The SMILES string of the molecule is CCC(N)Cc1cnn(CCC(C)(C)C)c1. The zero-order chi connectivity index (χ0) is 12.2. The van der Waals surface area contributed by atoms with Gasteiger partial charge in [-0.1, -0.05) is 27.7 Å². The maximum absolute atomic E-state index is 5.92. The number of nitrogens with two attached hydrogens (primary N) is 1. The summed E-state index contributed by atoms with van der Waals surface area (Å²) in [6.07, 6.45) is 7.17. The first-order chi connectivity index (χ1) is 7.40. The number of hydrogen-bond acceptors (Lipinski definition) is 2. The highest BCUT2D eigenvalue weighted by Crippen LogP contribution is 2.19. The summed E-state index contributed by atoms with van der Waals surface area (Å²) in [5.41, 5.74) is 7.54. The lowest BCUT2D eigenvalue weighted by Gasteiger charge is -2.17. The van der Waals surface area contributed by atoms with Gasteiger partial charge in [-0.3, -0.25) is 4.68 Å². The van der Waals surface area contributed by atoms with Gasteiger partial charge < -0.3 is 5.73 Å². The molecule has 1 atom stereocenters. The molecule has 16 heavy (non-hydrogen) atoms. The normalized spacial score (nSPS) is 14.1. The highest BCUT2D eigenvalue weighted by molar-refractivity contribution is 5.05. The highest BCUT2D eigenvalue weighted by Gasteiger charge is 2.10. The van der Waals surface area contributed by atoms with Gasteiger partial charge in [0.15, 0.2) is 0 Å². The van der Waals surface area contributed by atoms with Crippen LogP contribution in [-0.4, -0.2) is 15.8 Å². The molecule has 0 aliphatic rings. The summed E-state index contributed by atoms with van der Waals surface area (Å²) in [7, 11) is 0. The summed E-state index contributed by atoms with van der Waals surface area (Å²) in [5, 5.41) is 4.37. The number of hydrogen-bond donors (Lipinski definition) is 1. The Labute approximate surface area is 99.0 Å². The van der Waals surface area contributed by atoms with E-state index < -0.39 is 0 Å². The number of nitrogens with zero attached hydrogens (tertiary/aromatic N) is 2. The first-order valence-corrected chi connectivity index (χ1v) is 6.17. The Hall–Kier alpha value is -0.830. The molecule has 2 N–H and O–H groups in total. The fourth-order valence-corrected chi connectivity index (χ4v) is 1.53. The molecule has 0 bridgehead atoms. The molecule has 1 aromatic heterocycles. The Morgan fingerprint density at radius 1 is 1.44 bits per heavy atom. The number of rotatable bonds is 5. The quantitative estimate of drug-likeness (QED) is 0.834. The Kier molecular flexibility index (Phi) is 4.54. The van der Waals surface area contributed by atoms with Crippen LogP contribution < -0.4 is 5.73 Å². The monoisotopic (exact) mass is 223 g/mol. The van der Waals surface area contributed by atoms with Crippen molar-refractivity contribution in [2.45, 2.75) is 59.5 Å². The molecular weight excluding hydrogens is 198 g/mol. The van der Waals surface area contributed by atoms with Crippen molar-refractivity contribution in [1.82, 2.24) is 9.78 Å². The van der Waals surface area contributed by atoms with Crippen LogP contribution in [0.2, 0.25) is 0 Å². The van der Waals surface area contributed by atoms with Crippen molar-refractivity contribution in [3.05, 3.63) is 18.0 Å². The van der Waals surface area contributed by atoms with Crippen molar-refractivity contribution in [1.29, 1.82) is 0 Å². The minimum Gasteiger partial charge on any atom is -0.327 e. The van der Waals surface area contributed by atoms with E-state index in [4.69, 9.17) is 5.73 Å². The fraction of sp³-hybridized carbons (Fsp3) is 0.769. The molecule has 0 aliphatic carbocycles. The molecule has 0 aliphatic heterocycles. The zero-order valence-electron chi connectivity index (χ0n) is 11.0. The molecule has 3 heteroatoms. The molecule has 0 amide bonds. The molecule has 0 spiro atoms. The molecule has 1 heterocycles. The zero-order valence-corrected chi connectivity index (χ0v) is 11.0. The van der Waals surface area contributed by atoms with Crippen LogP contribution in [-0.2, 0) is 13.0 Å². The fourth-order valence-electron chi connectivity index (χ4n) is 1.53. The Morgan fingerprint density at radius 2 is 2.12 bits per heavy atom. The Bertz CT molecular complexity index is 309. The molecule has 1 aromatic rings. The lowest BCUT2D eigenvalue weighted by molar-refractivity contribution is 0.341. The van der Waals surface area contributed by atoms with Gasteiger partial charge in [0.2, 0.25) is 0 Å². The third kappa shape index (κ3) is 4.79. The van der Waals surface area contributed by atoms with Crippen LogP contribution in [0.5, 0.6) is 0 Å². The lowest BCUT2D eigenvalue weighted by atomic mass is 9.92. The Balaban J connectivity index is 2.45. The van der Waals surface area contributed by atoms with E-state index in [-0.39, 0.29) is 6.04 Å². The molecule has 1 unspecified atom stereocenters. The lowest BCUT2D eigenvalue weighted by Crippen LogP contribution is -2.21. The van der Waals surface area contributed by atoms with Gasteiger partial charge in [-0.05, 0) is 30.2 Å². The van der Waals surface area contributed by atoms with Crippen molar-refractivity contribution in [2.75, 3.05) is 0 Å². The van der Waals surface area contributed by atoms with Crippen LogP contribution in [0, 0.1) is 5.41 Å². The first kappa shape index (κ1) is 13.2. The van der Waals surface area contributed by atoms with E-state index >= 15 is 0 Å². The summed E-state index contributed by atoms with van der Waals surface area (Å²) >= 11 is 0. The van der Waals surface area contributed by atoms with Crippen molar-refractivity contribution in [3.63, 3.8) is 0 Å². The molecule has 92 valence electrons. The average Bonchev–Trinajstić information content (AvgIpc) is 2.61. The topological polar surface area (TPSA) is 43.8 Å². The van der Waals surface area contributed by atoms with Gasteiger partial charge in [0.05, 0.1) is 6.20 Å². The largest absolute Gasteiger partial charge is 0.327 e. The predicted octanol–water partition coefficient (Wildman–Crippen LogP) is 2.60. The molecule has 0 radical (unpaired) electrons. The first-order valence-electron chi connectivity index (χ1n) is 6.17. The molecule has 0 aromatic carbocycles. The van der Waals surface area contributed by atoms with Crippen LogP contribution in [0.3, 0.4) is 0 Å². The second kappa shape index (κ2) is 5.48. The van der Waals surface area contributed by atoms with E-state index in [1.165, 1.54) is 5.56 Å². The highest BCUT2D eigenvalue weighted by atomic mass is 15.3. The van der Waals surface area contributed by atoms with Crippen LogP contribution >= 0.6 is 0 Å². The molecule has 3 nitrogen and oxygen atoms in total. The van der Waals surface area contributed by atoms with Gasteiger partial charge in [0, 0.05) is 18.8 Å². The molecule has 1 rings (SSSR count). The average molecular weight is 223 g/mol. The van der Waals surface area contributed by atoms with E-state index in [9.17, 15) is 0 Å². The van der Waals surface area contributed by atoms with Crippen LogP contribution in [0.1, 0.15) is 46.1 Å². The van der Waals surface area contributed by atoms with Crippen LogP contribution in [0.25, 0.3) is 0 Å². The minimum atomic E-state index is 0.264. The van der Waals surface area contributed by atoms with Gasteiger partial charge >= 0.3 is 0 Å². The third-order valence-electron chi connectivity index (χ3n) is 2.80. The van der Waals surface area contributed by atoms with E-state index in [2.05, 4.69) is 39.0 Å². The van der Waals surface area contributed by atoms with Crippen molar-refractivity contribution >= 4 is 0 Å². The number of aromatic nitrogens is 2. The summed E-state index contributed by atoms with van der Waals surface area (Å²) < 4.78 is 2.03. The molecule has 0 saturated heterocycles. The second-order valence-corrected chi connectivity index (χ2v) is 5.79. The maximum Gasteiger partial charge on any atom is 0.0522 e. The predicted molar refractivity (Wildman–Crippen MR) is 68.3 cm³/mol. The van der Waals surface area contributed by atoms with E-state index in [0.717, 1.165) is 25.8 Å². The maximum atomic E-state index is 5.92. The standard InChI is InChI=1S/C13H25N3/c1-5-12(14)8-11-9-15-16(10-11)7-6-13(2,3)4/h9-10,12H,5-8,14H2,1-4H3. The van der Waals surface area contributed by atoms with Crippen molar-refractivity contribution in [3.8, 4) is 0 Å². The van der Waals surface area contributed by atoms with Crippen molar-refractivity contribution < 1.29 is 0 Å². The van der Waals surface area contributed by atoms with Gasteiger partial charge in [-0.2, -0.15) is 5.10 Å². The summed E-state index contributed by atoms with van der Waals surface area (Å²) in [5.74, 6) is 0. The minimum absolute atomic E-state index is 0.264. The second-order valence-electron chi connectivity index (χ2n) is 5.79. The number of aryl methyl sites for hydroxylation is 1. The smallest absolute Gasteiger partial charge is 0.0522 e. The third-order valence-corrected chi connectivity index (χ3v) is 2.80. The van der Waals surface area contributed by atoms with Gasteiger partial charge in [0.25, 0.3) is 0 Å². The Morgan fingerprint density at radius 3 is 2.69 bits per heavy atom. The van der Waals surface area contributed by atoms with E-state index in [1.807, 2.05) is 10.9 Å². The molecule has 0 saturated carbocycles. The van der Waals surface area contributed by atoms with E-state index in [1.54, 1.807) is 0 Å². The van der Waals surface area contributed by atoms with Crippen molar-refractivity contribution in [2.24, 2.45) is 11.1 Å². The van der Waals surface area contributed by atoms with E-state index in [0.29, 0.717) is 5.41 Å².